The van der Waals surface area contributed by atoms with Gasteiger partial charge >= 0.3 is 5.97 Å². The molecule has 0 fully saturated rings. The molecule has 2 heterocycles. The average molecular weight is 357 g/mol. The van der Waals surface area contributed by atoms with Gasteiger partial charge in [-0.25, -0.2) is 9.97 Å². The van der Waals surface area contributed by atoms with Gasteiger partial charge in [0, 0.05) is 18.8 Å². The van der Waals surface area contributed by atoms with E-state index in [0.29, 0.717) is 23.1 Å². The normalized spacial score (nSPS) is 11.0. The molecule has 0 saturated carbocycles. The number of fused-ring (bicyclic) bond motifs is 1. The molecule has 0 saturated heterocycles. The standard InChI is InChI=1S/C18H19N3O3S/c1-3-16-19-12(11-25-16)10-24-17(22)9-8-15-20-14-7-5-4-6-13(14)18(23)21(15)2/h4-7,11H,3,8-10H2,1-2H3. The van der Waals surface area contributed by atoms with Crippen LogP contribution in [-0.2, 0) is 36.0 Å². The zero-order chi connectivity index (χ0) is 17.8. The van der Waals surface area contributed by atoms with Gasteiger partial charge in [-0.2, -0.15) is 0 Å². The van der Waals surface area contributed by atoms with E-state index in [1.807, 2.05) is 24.4 Å². The first-order valence-corrected chi connectivity index (χ1v) is 9.00. The van der Waals surface area contributed by atoms with Crippen LogP contribution in [0, 0.1) is 0 Å². The minimum atomic E-state index is -0.326. The molecule has 3 rings (SSSR count). The van der Waals surface area contributed by atoms with Crippen molar-refractivity contribution in [2.75, 3.05) is 0 Å². The van der Waals surface area contributed by atoms with Gasteiger partial charge in [0.05, 0.1) is 28.0 Å². The maximum Gasteiger partial charge on any atom is 0.306 e. The summed E-state index contributed by atoms with van der Waals surface area (Å²) in [5, 5.41) is 3.51. The third kappa shape index (κ3) is 3.93. The summed E-state index contributed by atoms with van der Waals surface area (Å²) in [7, 11) is 1.67. The van der Waals surface area contributed by atoms with Gasteiger partial charge in [0.2, 0.25) is 0 Å². The smallest absolute Gasteiger partial charge is 0.306 e. The zero-order valence-electron chi connectivity index (χ0n) is 14.2. The molecule has 1 aromatic carbocycles. The second kappa shape index (κ2) is 7.57. The molecular weight excluding hydrogens is 338 g/mol. The summed E-state index contributed by atoms with van der Waals surface area (Å²) in [6.45, 7) is 2.22. The third-order valence-electron chi connectivity index (χ3n) is 3.91. The van der Waals surface area contributed by atoms with E-state index in [0.717, 1.165) is 17.1 Å². The Kier molecular flexibility index (Phi) is 5.23. The number of aryl methyl sites for hydroxylation is 2. The number of ether oxygens (including phenoxy) is 1. The van der Waals surface area contributed by atoms with E-state index < -0.39 is 0 Å². The van der Waals surface area contributed by atoms with Gasteiger partial charge in [0.1, 0.15) is 12.4 Å². The number of hydrogen-bond acceptors (Lipinski definition) is 6. The molecule has 0 unspecified atom stereocenters. The molecule has 0 amide bonds. The fourth-order valence-electron chi connectivity index (χ4n) is 2.51. The summed E-state index contributed by atoms with van der Waals surface area (Å²) in [5.74, 6) is 0.246. The summed E-state index contributed by atoms with van der Waals surface area (Å²) in [6, 6.07) is 7.20. The molecule has 2 aromatic heterocycles. The van der Waals surface area contributed by atoms with E-state index in [1.165, 1.54) is 4.57 Å². The van der Waals surface area contributed by atoms with Crippen LogP contribution in [0.4, 0.5) is 0 Å². The van der Waals surface area contributed by atoms with E-state index >= 15 is 0 Å². The highest BCUT2D eigenvalue weighted by atomic mass is 32.1. The number of benzene rings is 1. The molecule has 0 radical (unpaired) electrons. The molecule has 130 valence electrons. The number of thiazole rings is 1. The number of aromatic nitrogens is 3. The van der Waals surface area contributed by atoms with Crippen molar-refractivity contribution in [1.29, 1.82) is 0 Å². The number of carbonyl (C=O) groups excluding carboxylic acids is 1. The fraction of sp³-hybridized carbons (Fsp3) is 0.333. The van der Waals surface area contributed by atoms with E-state index in [1.54, 1.807) is 30.5 Å². The van der Waals surface area contributed by atoms with Crippen LogP contribution in [0.15, 0.2) is 34.4 Å². The number of hydrogen-bond donors (Lipinski definition) is 0. The monoisotopic (exact) mass is 357 g/mol. The van der Waals surface area contributed by atoms with E-state index in [4.69, 9.17) is 4.74 Å². The van der Waals surface area contributed by atoms with E-state index in [-0.39, 0.29) is 24.6 Å². The Hall–Kier alpha value is -2.54. The Balaban J connectivity index is 1.63. The minimum Gasteiger partial charge on any atom is -0.459 e. The van der Waals surface area contributed by atoms with Crippen molar-refractivity contribution in [2.45, 2.75) is 32.8 Å². The van der Waals surface area contributed by atoms with Crippen LogP contribution in [-0.4, -0.2) is 20.5 Å². The van der Waals surface area contributed by atoms with Crippen LogP contribution in [0.5, 0.6) is 0 Å². The Morgan fingerprint density at radius 3 is 2.84 bits per heavy atom. The van der Waals surface area contributed by atoms with Gasteiger partial charge in [-0.1, -0.05) is 19.1 Å². The molecule has 0 aliphatic heterocycles. The summed E-state index contributed by atoms with van der Waals surface area (Å²) in [5.41, 5.74) is 1.30. The van der Waals surface area contributed by atoms with Gasteiger partial charge in [0.15, 0.2) is 0 Å². The molecule has 0 spiro atoms. The SMILES string of the molecule is CCc1nc(COC(=O)CCc2nc3ccccc3c(=O)n2C)cs1. The highest BCUT2D eigenvalue weighted by molar-refractivity contribution is 7.09. The molecule has 0 aliphatic rings. The first kappa shape index (κ1) is 17.3. The summed E-state index contributed by atoms with van der Waals surface area (Å²) in [6.07, 6.45) is 1.40. The van der Waals surface area contributed by atoms with Crippen LogP contribution in [0.1, 0.15) is 29.9 Å². The minimum absolute atomic E-state index is 0.108. The van der Waals surface area contributed by atoms with Crippen LogP contribution in [0.25, 0.3) is 10.9 Å². The van der Waals surface area contributed by atoms with Crippen LogP contribution >= 0.6 is 11.3 Å². The number of esters is 1. The van der Waals surface area contributed by atoms with Crippen molar-refractivity contribution in [3.63, 3.8) is 0 Å². The van der Waals surface area contributed by atoms with Crippen LogP contribution in [0.2, 0.25) is 0 Å². The number of para-hydroxylation sites is 1. The highest BCUT2D eigenvalue weighted by Gasteiger charge is 2.11. The molecule has 25 heavy (non-hydrogen) atoms. The third-order valence-corrected chi connectivity index (χ3v) is 4.95. The number of carbonyl (C=O) groups is 1. The summed E-state index contributed by atoms with van der Waals surface area (Å²) < 4.78 is 6.74. The molecular formula is C18H19N3O3S. The molecule has 0 atom stereocenters. The Morgan fingerprint density at radius 1 is 1.28 bits per heavy atom. The second-order valence-electron chi connectivity index (χ2n) is 5.66. The van der Waals surface area contributed by atoms with Gasteiger partial charge in [-0.15, -0.1) is 11.3 Å². The lowest BCUT2D eigenvalue weighted by Gasteiger charge is -2.09. The lowest BCUT2D eigenvalue weighted by Crippen LogP contribution is -2.23. The quantitative estimate of drug-likeness (QED) is 0.634. The first-order valence-electron chi connectivity index (χ1n) is 8.12. The topological polar surface area (TPSA) is 74.1 Å². The van der Waals surface area contributed by atoms with Crippen molar-refractivity contribution < 1.29 is 9.53 Å². The van der Waals surface area contributed by atoms with Crippen molar-refractivity contribution in [2.24, 2.45) is 7.05 Å². The Morgan fingerprint density at radius 2 is 2.08 bits per heavy atom. The maximum absolute atomic E-state index is 12.3. The lowest BCUT2D eigenvalue weighted by molar-refractivity contribution is -0.145. The number of nitrogens with zero attached hydrogens (tertiary/aromatic N) is 3. The predicted molar refractivity (Wildman–Crippen MR) is 96.6 cm³/mol. The van der Waals surface area contributed by atoms with E-state index in [2.05, 4.69) is 9.97 Å². The highest BCUT2D eigenvalue weighted by Crippen LogP contribution is 2.12. The van der Waals surface area contributed by atoms with Crippen molar-refractivity contribution in [1.82, 2.24) is 14.5 Å². The lowest BCUT2D eigenvalue weighted by atomic mass is 10.2. The van der Waals surface area contributed by atoms with Crippen molar-refractivity contribution in [3.8, 4) is 0 Å². The zero-order valence-corrected chi connectivity index (χ0v) is 15.0. The van der Waals surface area contributed by atoms with Gasteiger partial charge in [-0.3, -0.25) is 14.2 Å². The molecule has 0 bridgehead atoms. The first-order chi connectivity index (χ1) is 12.1. The average Bonchev–Trinajstić information content (AvgIpc) is 3.10. The molecule has 7 heteroatoms. The largest absolute Gasteiger partial charge is 0.459 e. The number of rotatable bonds is 6. The molecule has 6 nitrogen and oxygen atoms in total. The van der Waals surface area contributed by atoms with Gasteiger partial charge < -0.3 is 4.74 Å². The Bertz CT molecular complexity index is 962. The van der Waals surface area contributed by atoms with Crippen molar-refractivity contribution >= 4 is 28.2 Å². The van der Waals surface area contributed by atoms with Gasteiger partial charge in [0.25, 0.3) is 5.56 Å². The predicted octanol–water partition coefficient (Wildman–Crippen LogP) is 2.63. The Labute approximate surface area is 149 Å². The summed E-state index contributed by atoms with van der Waals surface area (Å²) >= 11 is 1.57. The van der Waals surface area contributed by atoms with E-state index in [9.17, 15) is 9.59 Å². The van der Waals surface area contributed by atoms with Gasteiger partial charge in [-0.05, 0) is 18.6 Å². The maximum atomic E-state index is 12.3. The molecule has 3 aromatic rings. The summed E-state index contributed by atoms with van der Waals surface area (Å²) in [4.78, 5) is 33.1. The van der Waals surface area contributed by atoms with Crippen LogP contribution < -0.4 is 5.56 Å². The molecule has 0 aliphatic carbocycles. The fourth-order valence-corrected chi connectivity index (χ4v) is 3.24. The molecule has 0 N–H and O–H groups in total. The second-order valence-corrected chi connectivity index (χ2v) is 6.60. The van der Waals surface area contributed by atoms with Crippen molar-refractivity contribution in [3.05, 3.63) is 56.5 Å². The van der Waals surface area contributed by atoms with Crippen LogP contribution in [0.3, 0.4) is 0 Å².